The summed E-state index contributed by atoms with van der Waals surface area (Å²) in [4.78, 5) is 7.68. The SMILES string of the molecule is [C-]#[N+]c1cccc(-c2ccc3c(c2)/C(=N/C#N)CC2(Cc4ccccc4C2)O3)c1. The zero-order valence-electron chi connectivity index (χ0n) is 15.7. The largest absolute Gasteiger partial charge is 0.485 e. The molecule has 1 aliphatic heterocycles. The first-order valence-corrected chi connectivity index (χ1v) is 9.53. The molecule has 0 bridgehead atoms. The smallest absolute Gasteiger partial charge is 0.205 e. The van der Waals surface area contributed by atoms with Crippen LogP contribution in [0.5, 0.6) is 5.75 Å². The summed E-state index contributed by atoms with van der Waals surface area (Å²) < 4.78 is 6.54. The number of ether oxygens (including phenoxy) is 1. The Morgan fingerprint density at radius 3 is 2.41 bits per heavy atom. The minimum atomic E-state index is -0.377. The van der Waals surface area contributed by atoms with Crippen LogP contribution in [0, 0.1) is 18.0 Å². The lowest BCUT2D eigenvalue weighted by molar-refractivity contribution is 0.0818. The highest BCUT2D eigenvalue weighted by Crippen LogP contribution is 2.43. The van der Waals surface area contributed by atoms with Crippen molar-refractivity contribution in [3.8, 4) is 23.1 Å². The molecule has 2 aliphatic rings. The predicted octanol–water partition coefficient (Wildman–Crippen LogP) is 5.49. The Morgan fingerprint density at radius 1 is 0.931 bits per heavy atom. The first-order valence-electron chi connectivity index (χ1n) is 9.53. The minimum absolute atomic E-state index is 0.377. The van der Waals surface area contributed by atoms with Crippen LogP contribution >= 0.6 is 0 Å². The molecule has 138 valence electrons. The van der Waals surface area contributed by atoms with E-state index in [1.807, 2.05) is 42.6 Å². The molecule has 0 saturated heterocycles. The molecular formula is C25H17N3O. The number of fused-ring (bicyclic) bond motifs is 2. The van der Waals surface area contributed by atoms with Crippen LogP contribution in [0.3, 0.4) is 0 Å². The average molecular weight is 375 g/mol. The molecule has 29 heavy (non-hydrogen) atoms. The monoisotopic (exact) mass is 375 g/mol. The second kappa shape index (κ2) is 6.62. The molecule has 1 spiro atoms. The highest BCUT2D eigenvalue weighted by molar-refractivity contribution is 6.06. The van der Waals surface area contributed by atoms with Crippen molar-refractivity contribution in [2.45, 2.75) is 24.9 Å². The average Bonchev–Trinajstić information content (AvgIpc) is 3.10. The van der Waals surface area contributed by atoms with E-state index in [4.69, 9.17) is 11.3 Å². The number of hydrogen-bond donors (Lipinski definition) is 0. The van der Waals surface area contributed by atoms with Gasteiger partial charge in [-0.25, -0.2) is 4.85 Å². The molecule has 4 nitrogen and oxygen atoms in total. The Bertz CT molecular complexity index is 1220. The zero-order chi connectivity index (χ0) is 19.8. The van der Waals surface area contributed by atoms with E-state index in [0.717, 1.165) is 41.0 Å². The van der Waals surface area contributed by atoms with Gasteiger partial charge in [-0.05, 0) is 40.5 Å². The maximum absolute atomic E-state index is 9.29. The fraction of sp³-hybridized carbons (Fsp3) is 0.160. The number of hydrogen-bond acceptors (Lipinski definition) is 3. The van der Waals surface area contributed by atoms with Crippen molar-refractivity contribution in [2.75, 3.05) is 0 Å². The van der Waals surface area contributed by atoms with Gasteiger partial charge in [-0.15, -0.1) is 0 Å². The van der Waals surface area contributed by atoms with Gasteiger partial charge < -0.3 is 4.74 Å². The fourth-order valence-corrected chi connectivity index (χ4v) is 4.47. The lowest BCUT2D eigenvalue weighted by Crippen LogP contribution is -2.43. The van der Waals surface area contributed by atoms with E-state index in [1.165, 1.54) is 11.1 Å². The molecule has 3 aromatic carbocycles. The van der Waals surface area contributed by atoms with Gasteiger partial charge in [-0.1, -0.05) is 48.5 Å². The predicted molar refractivity (Wildman–Crippen MR) is 112 cm³/mol. The zero-order valence-corrected chi connectivity index (χ0v) is 15.7. The van der Waals surface area contributed by atoms with E-state index in [1.54, 1.807) is 6.07 Å². The lowest BCUT2D eigenvalue weighted by Gasteiger charge is -2.36. The van der Waals surface area contributed by atoms with Gasteiger partial charge in [-0.3, -0.25) is 0 Å². The molecule has 1 heterocycles. The summed E-state index contributed by atoms with van der Waals surface area (Å²) in [7, 11) is 0. The summed E-state index contributed by atoms with van der Waals surface area (Å²) >= 11 is 0. The molecule has 5 rings (SSSR count). The van der Waals surface area contributed by atoms with Crippen LogP contribution in [-0.2, 0) is 12.8 Å². The summed E-state index contributed by atoms with van der Waals surface area (Å²) in [6.07, 6.45) is 4.22. The second-order valence-corrected chi connectivity index (χ2v) is 7.62. The van der Waals surface area contributed by atoms with Crippen molar-refractivity contribution in [1.29, 1.82) is 5.26 Å². The molecule has 3 aromatic rings. The van der Waals surface area contributed by atoms with Crippen LogP contribution < -0.4 is 4.74 Å². The van der Waals surface area contributed by atoms with Crippen LogP contribution in [0.2, 0.25) is 0 Å². The molecule has 0 N–H and O–H groups in total. The van der Waals surface area contributed by atoms with Gasteiger partial charge in [0.25, 0.3) is 0 Å². The molecule has 0 amide bonds. The van der Waals surface area contributed by atoms with Crippen molar-refractivity contribution in [3.05, 3.63) is 94.8 Å². The van der Waals surface area contributed by atoms with E-state index < -0.39 is 0 Å². The Morgan fingerprint density at radius 2 is 1.69 bits per heavy atom. The summed E-state index contributed by atoms with van der Waals surface area (Å²) in [5.74, 6) is 0.767. The van der Waals surface area contributed by atoms with Gasteiger partial charge in [0.15, 0.2) is 5.69 Å². The maximum Gasteiger partial charge on any atom is 0.205 e. The van der Waals surface area contributed by atoms with Crippen LogP contribution in [0.25, 0.3) is 16.0 Å². The van der Waals surface area contributed by atoms with E-state index in [-0.39, 0.29) is 5.60 Å². The van der Waals surface area contributed by atoms with E-state index in [2.05, 4.69) is 34.1 Å². The van der Waals surface area contributed by atoms with Crippen LogP contribution in [0.15, 0.2) is 71.7 Å². The quantitative estimate of drug-likeness (QED) is 0.417. The Labute approximate surface area is 169 Å². The number of nitriles is 1. The summed E-state index contributed by atoms with van der Waals surface area (Å²) in [6, 6.07) is 21.9. The third-order valence-corrected chi connectivity index (χ3v) is 5.74. The van der Waals surface area contributed by atoms with Gasteiger partial charge in [-0.2, -0.15) is 10.3 Å². The van der Waals surface area contributed by atoms with Gasteiger partial charge in [0.05, 0.1) is 12.3 Å². The number of benzene rings is 3. The first-order chi connectivity index (χ1) is 14.2. The van der Waals surface area contributed by atoms with Gasteiger partial charge in [0.2, 0.25) is 6.19 Å². The van der Waals surface area contributed by atoms with Crippen molar-refractivity contribution >= 4 is 11.4 Å². The summed E-state index contributed by atoms with van der Waals surface area (Å²) in [5, 5.41) is 9.29. The standard InChI is InChI=1S/C25H17N3O/c1-27-21-8-4-7-17(11-21)18-9-10-24-22(12-18)23(28-16-26)15-25(29-24)13-19-5-2-3-6-20(19)14-25/h2-12H,13-15H2/b28-23+. The van der Waals surface area contributed by atoms with E-state index in [9.17, 15) is 5.26 Å². The molecular weight excluding hydrogens is 358 g/mol. The van der Waals surface area contributed by atoms with Crippen molar-refractivity contribution in [1.82, 2.24) is 0 Å². The normalized spacial score (nSPS) is 17.1. The molecule has 0 fully saturated rings. The molecule has 0 aromatic heterocycles. The van der Waals surface area contributed by atoms with Gasteiger partial charge >= 0.3 is 0 Å². The Hall–Kier alpha value is -3.89. The van der Waals surface area contributed by atoms with E-state index >= 15 is 0 Å². The first kappa shape index (κ1) is 17.2. The Balaban J connectivity index is 1.56. The Kier molecular flexibility index (Phi) is 3.93. The molecule has 1 aliphatic carbocycles. The number of nitrogens with zero attached hydrogens (tertiary/aromatic N) is 3. The molecule has 0 radical (unpaired) electrons. The minimum Gasteiger partial charge on any atom is -0.485 e. The molecule has 0 atom stereocenters. The molecule has 4 heteroatoms. The van der Waals surface area contributed by atoms with Crippen molar-refractivity contribution in [3.63, 3.8) is 0 Å². The van der Waals surface area contributed by atoms with Crippen molar-refractivity contribution in [2.24, 2.45) is 4.99 Å². The molecule has 0 saturated carbocycles. The topological polar surface area (TPSA) is 49.7 Å². The molecule has 0 unspecified atom stereocenters. The van der Waals surface area contributed by atoms with Gasteiger partial charge in [0, 0.05) is 24.8 Å². The van der Waals surface area contributed by atoms with Crippen LogP contribution in [-0.4, -0.2) is 11.3 Å². The summed E-state index contributed by atoms with van der Waals surface area (Å²) in [5.41, 5.74) is 6.41. The summed E-state index contributed by atoms with van der Waals surface area (Å²) in [6.45, 7) is 7.24. The second-order valence-electron chi connectivity index (χ2n) is 7.62. The lowest BCUT2D eigenvalue weighted by atomic mass is 9.86. The number of aliphatic imine (C=N–C) groups is 1. The van der Waals surface area contributed by atoms with Crippen molar-refractivity contribution < 1.29 is 4.74 Å². The number of rotatable bonds is 1. The fourth-order valence-electron chi connectivity index (χ4n) is 4.47. The maximum atomic E-state index is 9.29. The highest BCUT2D eigenvalue weighted by Gasteiger charge is 2.44. The third-order valence-electron chi connectivity index (χ3n) is 5.74. The highest BCUT2D eigenvalue weighted by atomic mass is 16.5. The van der Waals surface area contributed by atoms with Crippen LogP contribution in [0.1, 0.15) is 23.1 Å². The van der Waals surface area contributed by atoms with E-state index in [0.29, 0.717) is 12.1 Å². The van der Waals surface area contributed by atoms with Crippen LogP contribution in [0.4, 0.5) is 5.69 Å². The third kappa shape index (κ3) is 2.96. The van der Waals surface area contributed by atoms with Gasteiger partial charge in [0.1, 0.15) is 11.4 Å².